The van der Waals surface area contributed by atoms with Crippen molar-refractivity contribution in [2.24, 2.45) is 0 Å². The van der Waals surface area contributed by atoms with Crippen molar-refractivity contribution in [1.29, 1.82) is 0 Å². The largest absolute Gasteiger partial charge is 0.484 e. The number of nitrogens with one attached hydrogen (secondary N) is 3. The maximum atomic E-state index is 12.0. The summed E-state index contributed by atoms with van der Waals surface area (Å²) in [5, 5.41) is 1.39. The minimum atomic E-state index is -0.466. The lowest BCUT2D eigenvalue weighted by molar-refractivity contribution is -0.123. The van der Waals surface area contributed by atoms with Gasteiger partial charge in [-0.2, -0.15) is 0 Å². The van der Waals surface area contributed by atoms with Gasteiger partial charge in [-0.25, -0.2) is 0 Å². The van der Waals surface area contributed by atoms with Crippen LogP contribution in [0, 0.1) is 0 Å². The quantitative estimate of drug-likeness (QED) is 0.637. The molecule has 24 heavy (non-hydrogen) atoms. The molecular weight excluding hydrogens is 330 g/mol. The van der Waals surface area contributed by atoms with Gasteiger partial charge in [-0.1, -0.05) is 29.8 Å². The van der Waals surface area contributed by atoms with Gasteiger partial charge in [0.15, 0.2) is 6.61 Å². The molecule has 0 saturated heterocycles. The first-order valence-corrected chi connectivity index (χ1v) is 7.55. The predicted molar refractivity (Wildman–Crippen MR) is 90.9 cm³/mol. The summed E-state index contributed by atoms with van der Waals surface area (Å²) < 4.78 is 5.28. The monoisotopic (exact) mass is 343 g/mol. The zero-order valence-electron chi connectivity index (χ0n) is 12.5. The molecule has 0 aliphatic carbocycles. The van der Waals surface area contributed by atoms with Crippen molar-refractivity contribution >= 4 is 34.3 Å². The van der Waals surface area contributed by atoms with E-state index in [-0.39, 0.29) is 6.61 Å². The van der Waals surface area contributed by atoms with Crippen molar-refractivity contribution in [2.45, 2.75) is 0 Å². The zero-order chi connectivity index (χ0) is 16.9. The minimum Gasteiger partial charge on any atom is -0.484 e. The van der Waals surface area contributed by atoms with E-state index in [1.807, 2.05) is 6.07 Å². The molecule has 0 atom stereocenters. The van der Waals surface area contributed by atoms with Gasteiger partial charge in [0.25, 0.3) is 11.8 Å². The summed E-state index contributed by atoms with van der Waals surface area (Å²) in [6.45, 7) is -0.202. The Kier molecular flexibility index (Phi) is 4.67. The Bertz CT molecular complexity index is 877. The molecule has 2 aromatic carbocycles. The molecule has 122 valence electrons. The minimum absolute atomic E-state index is 0.202. The van der Waals surface area contributed by atoms with E-state index in [0.717, 1.165) is 10.9 Å². The highest BCUT2D eigenvalue weighted by Gasteiger charge is 2.11. The van der Waals surface area contributed by atoms with Crippen molar-refractivity contribution < 1.29 is 14.3 Å². The topological polar surface area (TPSA) is 83.2 Å². The number of rotatable bonds is 4. The Labute approximate surface area is 142 Å². The fourth-order valence-corrected chi connectivity index (χ4v) is 2.30. The molecule has 0 saturated carbocycles. The summed E-state index contributed by atoms with van der Waals surface area (Å²) in [6, 6.07) is 15.8. The number of halogens is 1. The van der Waals surface area contributed by atoms with Crippen LogP contribution in [-0.4, -0.2) is 23.4 Å². The van der Waals surface area contributed by atoms with Crippen molar-refractivity contribution in [3.63, 3.8) is 0 Å². The van der Waals surface area contributed by atoms with Crippen LogP contribution in [0.25, 0.3) is 10.9 Å². The summed E-state index contributed by atoms with van der Waals surface area (Å²) >= 11 is 5.91. The van der Waals surface area contributed by atoms with Crippen LogP contribution in [0.1, 0.15) is 10.5 Å². The van der Waals surface area contributed by atoms with Gasteiger partial charge in [0.1, 0.15) is 11.4 Å². The molecule has 3 rings (SSSR count). The van der Waals surface area contributed by atoms with Gasteiger partial charge in [0, 0.05) is 15.9 Å². The predicted octanol–water partition coefficient (Wildman–Crippen LogP) is 2.66. The Hall–Kier alpha value is -2.99. The van der Waals surface area contributed by atoms with E-state index in [0.29, 0.717) is 16.5 Å². The van der Waals surface area contributed by atoms with Gasteiger partial charge in [-0.3, -0.25) is 20.4 Å². The molecule has 3 aromatic rings. The molecule has 1 aromatic heterocycles. The normalized spacial score (nSPS) is 10.4. The standard InChI is InChI=1S/C17H14ClN3O3/c18-12-6-7-14-11(8-12)9-15(19-14)17(23)21-20-16(22)10-24-13-4-2-1-3-5-13/h1-9,19H,10H2,(H,20,22)(H,21,23). The summed E-state index contributed by atoms with van der Waals surface area (Å²) in [5.41, 5.74) is 5.72. The highest BCUT2D eigenvalue weighted by Crippen LogP contribution is 2.19. The van der Waals surface area contributed by atoms with Gasteiger partial charge in [0.2, 0.25) is 0 Å². The Morgan fingerprint density at radius 2 is 1.83 bits per heavy atom. The van der Waals surface area contributed by atoms with Crippen LogP contribution >= 0.6 is 11.6 Å². The van der Waals surface area contributed by atoms with E-state index < -0.39 is 11.8 Å². The number of H-pyrrole nitrogens is 1. The first kappa shape index (κ1) is 15.9. The molecule has 0 spiro atoms. The number of carbonyl (C=O) groups excluding carboxylic acids is 2. The number of benzene rings is 2. The number of fused-ring (bicyclic) bond motifs is 1. The maximum absolute atomic E-state index is 12.0. The average molecular weight is 344 g/mol. The third-order valence-corrected chi connectivity index (χ3v) is 3.49. The van der Waals surface area contributed by atoms with Gasteiger partial charge in [-0.15, -0.1) is 0 Å². The number of hydrogen-bond acceptors (Lipinski definition) is 3. The van der Waals surface area contributed by atoms with E-state index in [1.54, 1.807) is 48.5 Å². The molecule has 0 radical (unpaired) electrons. The third-order valence-electron chi connectivity index (χ3n) is 3.26. The SMILES string of the molecule is O=C(COc1ccccc1)NNC(=O)c1cc2cc(Cl)ccc2[nH]1. The van der Waals surface area contributed by atoms with E-state index in [1.165, 1.54) is 0 Å². The van der Waals surface area contributed by atoms with Gasteiger partial charge in [-0.05, 0) is 36.4 Å². The van der Waals surface area contributed by atoms with E-state index in [9.17, 15) is 9.59 Å². The molecule has 0 aliphatic rings. The lowest BCUT2D eigenvalue weighted by Crippen LogP contribution is -2.43. The number of amides is 2. The van der Waals surface area contributed by atoms with Crippen LogP contribution in [0.15, 0.2) is 54.6 Å². The summed E-state index contributed by atoms with van der Waals surface area (Å²) in [6.07, 6.45) is 0. The second-order valence-corrected chi connectivity index (χ2v) is 5.46. The van der Waals surface area contributed by atoms with Crippen LogP contribution in [-0.2, 0) is 4.79 Å². The first-order chi connectivity index (χ1) is 11.6. The Morgan fingerprint density at radius 1 is 1.04 bits per heavy atom. The van der Waals surface area contributed by atoms with E-state index >= 15 is 0 Å². The molecule has 7 heteroatoms. The van der Waals surface area contributed by atoms with Crippen LogP contribution in [0.5, 0.6) is 5.75 Å². The number of carbonyl (C=O) groups is 2. The molecule has 0 aliphatic heterocycles. The highest BCUT2D eigenvalue weighted by molar-refractivity contribution is 6.31. The number of para-hydroxylation sites is 1. The van der Waals surface area contributed by atoms with Crippen molar-refractivity contribution in [2.75, 3.05) is 6.61 Å². The van der Waals surface area contributed by atoms with Crippen molar-refractivity contribution in [3.05, 3.63) is 65.3 Å². The Morgan fingerprint density at radius 3 is 2.62 bits per heavy atom. The van der Waals surface area contributed by atoms with Gasteiger partial charge in [0.05, 0.1) is 0 Å². The molecule has 3 N–H and O–H groups in total. The second kappa shape index (κ2) is 7.06. The zero-order valence-corrected chi connectivity index (χ0v) is 13.3. The van der Waals surface area contributed by atoms with Crippen LogP contribution in [0.2, 0.25) is 5.02 Å². The smallest absolute Gasteiger partial charge is 0.286 e. The number of hydrazine groups is 1. The molecule has 0 fully saturated rings. The Balaban J connectivity index is 1.53. The lowest BCUT2D eigenvalue weighted by Gasteiger charge is -2.08. The van der Waals surface area contributed by atoms with Crippen molar-refractivity contribution in [3.8, 4) is 5.75 Å². The summed E-state index contributed by atoms with van der Waals surface area (Å²) in [7, 11) is 0. The third kappa shape index (κ3) is 3.85. The molecule has 6 nitrogen and oxygen atoms in total. The number of aromatic amines is 1. The van der Waals surface area contributed by atoms with Crippen molar-refractivity contribution in [1.82, 2.24) is 15.8 Å². The summed E-state index contributed by atoms with van der Waals surface area (Å²) in [4.78, 5) is 26.7. The summed E-state index contributed by atoms with van der Waals surface area (Å²) in [5.74, 6) is -0.354. The average Bonchev–Trinajstić information content (AvgIpc) is 3.02. The van der Waals surface area contributed by atoms with Crippen LogP contribution in [0.3, 0.4) is 0 Å². The molecule has 2 amide bonds. The molecule has 1 heterocycles. The molecule has 0 bridgehead atoms. The number of aromatic nitrogens is 1. The van der Waals surface area contributed by atoms with Gasteiger partial charge >= 0.3 is 0 Å². The molecular formula is C17H14ClN3O3. The second-order valence-electron chi connectivity index (χ2n) is 5.02. The van der Waals surface area contributed by atoms with E-state index in [4.69, 9.17) is 16.3 Å². The van der Waals surface area contributed by atoms with Crippen LogP contribution in [0.4, 0.5) is 0 Å². The lowest BCUT2D eigenvalue weighted by atomic mass is 10.2. The maximum Gasteiger partial charge on any atom is 0.286 e. The fourth-order valence-electron chi connectivity index (χ4n) is 2.12. The number of ether oxygens (including phenoxy) is 1. The van der Waals surface area contributed by atoms with E-state index in [2.05, 4.69) is 15.8 Å². The fraction of sp³-hybridized carbons (Fsp3) is 0.0588. The first-order valence-electron chi connectivity index (χ1n) is 7.17. The molecule has 0 unspecified atom stereocenters. The van der Waals surface area contributed by atoms with Gasteiger partial charge < -0.3 is 9.72 Å². The van der Waals surface area contributed by atoms with Crippen LogP contribution < -0.4 is 15.6 Å². The highest BCUT2D eigenvalue weighted by atomic mass is 35.5. The number of hydrogen-bond donors (Lipinski definition) is 3.